The first-order valence-corrected chi connectivity index (χ1v) is 12.6. The minimum Gasteiger partial charge on any atom is -0.391 e. The first-order valence-electron chi connectivity index (χ1n) is 12.6. The summed E-state index contributed by atoms with van der Waals surface area (Å²) in [5, 5.41) is 16.5. The number of benzene rings is 2. The summed E-state index contributed by atoms with van der Waals surface area (Å²) in [6.07, 6.45) is 2.68. The van der Waals surface area contributed by atoms with Crippen LogP contribution in [0.25, 0.3) is 22.5 Å². The van der Waals surface area contributed by atoms with E-state index in [2.05, 4.69) is 20.6 Å². The molecule has 5 rings (SSSR count). The number of aryl methyl sites for hydroxylation is 2. The Morgan fingerprint density at radius 2 is 1.64 bits per heavy atom. The van der Waals surface area contributed by atoms with Gasteiger partial charge in [0.05, 0.1) is 29.2 Å². The molecule has 0 spiro atoms. The third-order valence-electron chi connectivity index (χ3n) is 7.11. The van der Waals surface area contributed by atoms with Crippen LogP contribution in [-0.2, 0) is 5.41 Å². The Bertz CT molecular complexity index is 1540. The Morgan fingerprint density at radius 1 is 0.974 bits per heavy atom. The number of aliphatic hydroxyl groups is 1. The number of rotatable bonds is 4. The molecule has 2 heterocycles. The van der Waals surface area contributed by atoms with Crippen LogP contribution >= 0.6 is 0 Å². The molecule has 3 N–H and O–H groups in total. The van der Waals surface area contributed by atoms with Crippen LogP contribution in [0.2, 0.25) is 0 Å². The third kappa shape index (κ3) is 5.22. The lowest BCUT2D eigenvalue weighted by Gasteiger charge is -2.40. The van der Waals surface area contributed by atoms with E-state index in [1.807, 2.05) is 57.2 Å². The van der Waals surface area contributed by atoms with Gasteiger partial charge in [-0.2, -0.15) is 0 Å². The fourth-order valence-electron chi connectivity index (χ4n) is 5.17. The molecule has 0 saturated heterocycles. The molecule has 200 valence electrons. The Labute approximate surface area is 225 Å². The molecule has 2 aromatic heterocycles. The molecular formula is C30H29F2N5O2. The summed E-state index contributed by atoms with van der Waals surface area (Å²) in [5.41, 5.74) is 4.26. The molecule has 7 nitrogen and oxygen atoms in total. The highest BCUT2D eigenvalue weighted by molar-refractivity contribution is 5.94. The number of aliphatic hydroxyl groups excluding tert-OH is 1. The largest absolute Gasteiger partial charge is 0.391 e. The van der Waals surface area contributed by atoms with Gasteiger partial charge in [0.2, 0.25) is 0 Å². The molecule has 1 aliphatic carbocycles. The van der Waals surface area contributed by atoms with Gasteiger partial charge >= 0.3 is 6.03 Å². The highest BCUT2D eigenvalue weighted by atomic mass is 19.2. The van der Waals surface area contributed by atoms with Crippen molar-refractivity contribution in [1.29, 1.82) is 0 Å². The topological polar surface area (TPSA) is 100 Å². The minimum atomic E-state index is -1.03. The highest BCUT2D eigenvalue weighted by Crippen LogP contribution is 2.42. The summed E-state index contributed by atoms with van der Waals surface area (Å²) in [7, 11) is 0. The number of nitrogens with zero attached hydrogens (tertiary/aromatic N) is 3. The monoisotopic (exact) mass is 529 g/mol. The SMILES string of the molecule is Cc1ncc(-c2nc(-c3ccccc3)c(NC(=O)NC3c4cc(F)c(F)cc4C(C)(C)CC3O)cc2C)cn1. The first-order chi connectivity index (χ1) is 18.5. The Balaban J connectivity index is 1.50. The average Bonchev–Trinajstić information content (AvgIpc) is 2.89. The number of amides is 2. The zero-order chi connectivity index (χ0) is 27.9. The van der Waals surface area contributed by atoms with Gasteiger partial charge in [-0.15, -0.1) is 0 Å². The zero-order valence-corrected chi connectivity index (χ0v) is 22.1. The van der Waals surface area contributed by atoms with Crippen molar-refractivity contribution in [2.24, 2.45) is 0 Å². The van der Waals surface area contributed by atoms with Crippen molar-refractivity contribution in [3.05, 3.63) is 95.1 Å². The number of fused-ring (bicyclic) bond motifs is 1. The van der Waals surface area contributed by atoms with Gasteiger partial charge in [0.1, 0.15) is 5.82 Å². The Morgan fingerprint density at radius 3 is 2.33 bits per heavy atom. The molecule has 1 aliphatic rings. The second-order valence-electron chi connectivity index (χ2n) is 10.5. The normalized spacial score (nSPS) is 17.8. The zero-order valence-electron chi connectivity index (χ0n) is 22.1. The van der Waals surface area contributed by atoms with E-state index in [1.165, 1.54) is 0 Å². The van der Waals surface area contributed by atoms with Crippen molar-refractivity contribution in [1.82, 2.24) is 20.3 Å². The maximum absolute atomic E-state index is 14.2. The predicted molar refractivity (Wildman–Crippen MR) is 145 cm³/mol. The number of hydrogen-bond acceptors (Lipinski definition) is 5. The molecule has 0 radical (unpaired) electrons. The van der Waals surface area contributed by atoms with Gasteiger partial charge in [-0.3, -0.25) is 0 Å². The summed E-state index contributed by atoms with van der Waals surface area (Å²) in [6, 6.07) is 11.9. The highest BCUT2D eigenvalue weighted by Gasteiger charge is 2.40. The number of urea groups is 1. The van der Waals surface area contributed by atoms with Gasteiger partial charge in [-0.05, 0) is 60.6 Å². The van der Waals surface area contributed by atoms with Crippen LogP contribution in [0.4, 0.5) is 19.3 Å². The van der Waals surface area contributed by atoms with Crippen LogP contribution in [0.5, 0.6) is 0 Å². The smallest absolute Gasteiger partial charge is 0.319 e. The molecule has 4 aromatic rings. The van der Waals surface area contributed by atoms with Crippen LogP contribution in [-0.4, -0.2) is 32.2 Å². The Hall–Kier alpha value is -4.24. The molecule has 0 fully saturated rings. The number of hydrogen-bond donors (Lipinski definition) is 3. The van der Waals surface area contributed by atoms with E-state index in [0.717, 1.165) is 28.8 Å². The molecule has 2 unspecified atom stereocenters. The van der Waals surface area contributed by atoms with E-state index in [4.69, 9.17) is 4.98 Å². The third-order valence-corrected chi connectivity index (χ3v) is 7.11. The lowest BCUT2D eigenvalue weighted by molar-refractivity contribution is 0.0878. The van der Waals surface area contributed by atoms with Crippen molar-refractivity contribution < 1.29 is 18.7 Å². The maximum Gasteiger partial charge on any atom is 0.319 e. The van der Waals surface area contributed by atoms with Crippen LogP contribution in [0, 0.1) is 25.5 Å². The molecule has 2 atom stereocenters. The summed E-state index contributed by atoms with van der Waals surface area (Å²) < 4.78 is 28.3. The fourth-order valence-corrected chi connectivity index (χ4v) is 5.17. The number of carbonyl (C=O) groups is 1. The lowest BCUT2D eigenvalue weighted by Crippen LogP contribution is -2.45. The molecule has 2 aromatic carbocycles. The van der Waals surface area contributed by atoms with Crippen LogP contribution in [0.15, 0.2) is 60.9 Å². The second kappa shape index (κ2) is 10.1. The quantitative estimate of drug-likeness (QED) is 0.301. The number of carbonyl (C=O) groups excluding carboxylic acids is 1. The van der Waals surface area contributed by atoms with E-state index in [-0.39, 0.29) is 6.42 Å². The molecule has 39 heavy (non-hydrogen) atoms. The van der Waals surface area contributed by atoms with Gasteiger partial charge in [-0.1, -0.05) is 44.2 Å². The van der Waals surface area contributed by atoms with Crippen LogP contribution < -0.4 is 10.6 Å². The molecule has 0 bridgehead atoms. The number of halogens is 2. The summed E-state index contributed by atoms with van der Waals surface area (Å²) in [4.78, 5) is 26.7. The first kappa shape index (κ1) is 26.4. The summed E-state index contributed by atoms with van der Waals surface area (Å²) in [5.74, 6) is -1.35. The molecular weight excluding hydrogens is 500 g/mol. The van der Waals surface area contributed by atoms with Gasteiger partial charge in [0, 0.05) is 23.5 Å². The molecule has 0 aliphatic heterocycles. The van der Waals surface area contributed by atoms with E-state index >= 15 is 0 Å². The van der Waals surface area contributed by atoms with E-state index in [9.17, 15) is 18.7 Å². The van der Waals surface area contributed by atoms with Crippen molar-refractivity contribution in [3.63, 3.8) is 0 Å². The second-order valence-corrected chi connectivity index (χ2v) is 10.5. The van der Waals surface area contributed by atoms with E-state index in [1.54, 1.807) is 19.3 Å². The molecule has 0 saturated carbocycles. The van der Waals surface area contributed by atoms with Crippen molar-refractivity contribution in [3.8, 4) is 22.5 Å². The minimum absolute atomic E-state index is 0.263. The van der Waals surface area contributed by atoms with Crippen LogP contribution in [0.3, 0.4) is 0 Å². The predicted octanol–water partition coefficient (Wildman–Crippen LogP) is 6.01. The van der Waals surface area contributed by atoms with E-state index < -0.39 is 35.2 Å². The number of pyridine rings is 1. The molecule has 2 amide bonds. The van der Waals surface area contributed by atoms with Crippen molar-refractivity contribution >= 4 is 11.7 Å². The van der Waals surface area contributed by atoms with Gasteiger partial charge in [-0.25, -0.2) is 28.5 Å². The van der Waals surface area contributed by atoms with Crippen molar-refractivity contribution in [2.45, 2.75) is 51.7 Å². The van der Waals surface area contributed by atoms with Crippen molar-refractivity contribution in [2.75, 3.05) is 5.32 Å². The van der Waals surface area contributed by atoms with Gasteiger partial charge in [0.15, 0.2) is 11.6 Å². The van der Waals surface area contributed by atoms with Gasteiger partial charge in [0.25, 0.3) is 0 Å². The average molecular weight is 530 g/mol. The van der Waals surface area contributed by atoms with E-state index in [0.29, 0.717) is 34.0 Å². The lowest BCUT2D eigenvalue weighted by atomic mass is 9.69. The summed E-state index contributed by atoms with van der Waals surface area (Å²) in [6.45, 7) is 7.38. The number of anilines is 1. The maximum atomic E-state index is 14.2. The fraction of sp³-hybridized carbons (Fsp3) is 0.267. The van der Waals surface area contributed by atoms with Crippen LogP contribution in [0.1, 0.15) is 48.8 Å². The molecule has 9 heteroatoms. The number of aromatic nitrogens is 3. The summed E-state index contributed by atoms with van der Waals surface area (Å²) >= 11 is 0. The number of nitrogens with one attached hydrogen (secondary N) is 2. The Kier molecular flexibility index (Phi) is 6.86. The standard InChI is InChI=1S/C30H29F2N5O2/c1-16-10-24(27(18-8-6-5-7-9-18)36-26(16)19-14-33-17(2)34-15-19)35-29(39)37-28-20-11-22(31)23(32)12-21(20)30(3,4)13-25(28)38/h5-12,14-15,25,28,38H,13H2,1-4H3,(H2,35,37,39). The van der Waals surface area contributed by atoms with Gasteiger partial charge < -0.3 is 15.7 Å².